The Hall–Kier alpha value is -2.60. The fourth-order valence-corrected chi connectivity index (χ4v) is 2.67. The minimum atomic E-state index is -0.347. The van der Waals surface area contributed by atoms with Gasteiger partial charge in [0.05, 0.1) is 24.8 Å². The second-order valence-electron chi connectivity index (χ2n) is 6.17. The highest BCUT2D eigenvalue weighted by molar-refractivity contribution is 5.79. The Morgan fingerprint density at radius 1 is 1.12 bits per heavy atom. The van der Waals surface area contributed by atoms with Crippen molar-refractivity contribution < 1.29 is 14.0 Å². The van der Waals surface area contributed by atoms with Crippen LogP contribution >= 0.6 is 0 Å². The molecule has 6 heteroatoms. The Kier molecular flexibility index (Phi) is 6.77. The minimum Gasteiger partial charge on any atom is -0.468 e. The van der Waals surface area contributed by atoms with Crippen molar-refractivity contribution in [3.8, 4) is 0 Å². The Morgan fingerprint density at radius 2 is 1.84 bits per heavy atom. The molecule has 2 aromatic rings. The van der Waals surface area contributed by atoms with Gasteiger partial charge in [-0.15, -0.1) is 0 Å². The first-order valence-electron chi connectivity index (χ1n) is 8.26. The molecule has 2 N–H and O–H groups in total. The zero-order valence-corrected chi connectivity index (χ0v) is 14.9. The highest BCUT2D eigenvalue weighted by Crippen LogP contribution is 2.19. The second-order valence-corrected chi connectivity index (χ2v) is 6.17. The van der Waals surface area contributed by atoms with Crippen molar-refractivity contribution in [3.05, 3.63) is 60.1 Å². The summed E-state index contributed by atoms with van der Waals surface area (Å²) in [6, 6.07) is 12.8. The molecule has 1 aromatic carbocycles. The molecule has 1 aromatic heterocycles. The molecule has 1 heterocycles. The number of carbonyl (C=O) groups is 2. The molecule has 2 amide bonds. The van der Waals surface area contributed by atoms with Crippen LogP contribution in [0.4, 0.5) is 0 Å². The zero-order valence-electron chi connectivity index (χ0n) is 14.9. The topological polar surface area (TPSA) is 74.6 Å². The summed E-state index contributed by atoms with van der Waals surface area (Å²) in [4.78, 5) is 25.8. The van der Waals surface area contributed by atoms with Crippen LogP contribution in [0.1, 0.15) is 36.8 Å². The fourth-order valence-electron chi connectivity index (χ4n) is 2.67. The van der Waals surface area contributed by atoms with E-state index in [2.05, 4.69) is 10.6 Å². The van der Waals surface area contributed by atoms with Gasteiger partial charge in [0.2, 0.25) is 11.8 Å². The number of likely N-dealkylation sites (N-methyl/N-ethyl adjacent to an activating group) is 1. The van der Waals surface area contributed by atoms with Crippen LogP contribution in [0.2, 0.25) is 0 Å². The van der Waals surface area contributed by atoms with Gasteiger partial charge in [-0.3, -0.25) is 14.5 Å². The van der Waals surface area contributed by atoms with Gasteiger partial charge in [-0.25, -0.2) is 0 Å². The number of hydrogen-bond donors (Lipinski definition) is 2. The maximum Gasteiger partial charge on any atom is 0.222 e. The third-order valence-electron chi connectivity index (χ3n) is 3.96. The smallest absolute Gasteiger partial charge is 0.222 e. The van der Waals surface area contributed by atoms with E-state index in [1.54, 1.807) is 6.26 Å². The molecule has 2 atom stereocenters. The maximum atomic E-state index is 12.4. The summed E-state index contributed by atoms with van der Waals surface area (Å²) >= 11 is 0. The van der Waals surface area contributed by atoms with Crippen LogP contribution in [-0.4, -0.2) is 37.4 Å². The lowest BCUT2D eigenvalue weighted by atomic mass is 10.0. The summed E-state index contributed by atoms with van der Waals surface area (Å²) in [6.45, 7) is 1.88. The molecule has 0 aliphatic heterocycles. The minimum absolute atomic E-state index is 0.0464. The quantitative estimate of drug-likeness (QED) is 0.771. The van der Waals surface area contributed by atoms with Gasteiger partial charge in [0.15, 0.2) is 0 Å². The van der Waals surface area contributed by atoms with Crippen LogP contribution in [0, 0.1) is 0 Å². The van der Waals surface area contributed by atoms with Gasteiger partial charge in [0.25, 0.3) is 0 Å². The summed E-state index contributed by atoms with van der Waals surface area (Å²) in [5.74, 6) is 0.510. The molecule has 0 unspecified atom stereocenters. The van der Waals surface area contributed by atoms with Crippen LogP contribution in [0.5, 0.6) is 0 Å². The number of nitrogens with zero attached hydrogens (tertiary/aromatic N) is 1. The van der Waals surface area contributed by atoms with E-state index in [9.17, 15) is 9.59 Å². The first-order valence-corrected chi connectivity index (χ1v) is 8.26. The van der Waals surface area contributed by atoms with Crippen molar-refractivity contribution in [1.82, 2.24) is 15.5 Å². The molecule has 0 spiro atoms. The van der Waals surface area contributed by atoms with E-state index in [0.29, 0.717) is 6.54 Å². The third-order valence-corrected chi connectivity index (χ3v) is 3.96. The summed E-state index contributed by atoms with van der Waals surface area (Å²) in [7, 11) is 3.87. The van der Waals surface area contributed by atoms with Gasteiger partial charge in [-0.1, -0.05) is 30.3 Å². The van der Waals surface area contributed by atoms with E-state index in [0.717, 1.165) is 11.3 Å². The first kappa shape index (κ1) is 18.7. The van der Waals surface area contributed by atoms with Crippen molar-refractivity contribution in [2.75, 3.05) is 20.6 Å². The lowest BCUT2D eigenvalue weighted by Crippen LogP contribution is -2.37. The SMILES string of the molecule is CC(=O)N[C@H](CC(=O)NC[C@@H](c1ccco1)N(C)C)c1ccccc1. The molecule has 0 radical (unpaired) electrons. The van der Waals surface area contributed by atoms with Gasteiger partial charge < -0.3 is 15.1 Å². The molecule has 0 saturated carbocycles. The molecular weight excluding hydrogens is 318 g/mol. The summed E-state index contributed by atoms with van der Waals surface area (Å²) in [6.07, 6.45) is 1.80. The number of hydrogen-bond acceptors (Lipinski definition) is 4. The highest BCUT2D eigenvalue weighted by Gasteiger charge is 2.20. The number of carbonyl (C=O) groups excluding carboxylic acids is 2. The van der Waals surface area contributed by atoms with Crippen LogP contribution in [0.15, 0.2) is 53.1 Å². The van der Waals surface area contributed by atoms with Crippen molar-refractivity contribution in [2.45, 2.75) is 25.4 Å². The average molecular weight is 343 g/mol. The maximum absolute atomic E-state index is 12.4. The summed E-state index contributed by atoms with van der Waals surface area (Å²) in [5.41, 5.74) is 0.906. The van der Waals surface area contributed by atoms with E-state index in [4.69, 9.17) is 4.42 Å². The van der Waals surface area contributed by atoms with Crippen LogP contribution < -0.4 is 10.6 Å². The number of benzene rings is 1. The Labute approximate surface area is 148 Å². The Morgan fingerprint density at radius 3 is 2.40 bits per heavy atom. The zero-order chi connectivity index (χ0) is 18.2. The average Bonchev–Trinajstić information content (AvgIpc) is 3.08. The van der Waals surface area contributed by atoms with E-state index in [1.807, 2.05) is 61.5 Å². The molecule has 0 bridgehead atoms. The standard InChI is InChI=1S/C19H25N3O3/c1-14(23)21-16(15-8-5-4-6-9-15)12-19(24)20-13-17(22(2)3)18-10-7-11-25-18/h4-11,16-17H,12-13H2,1-3H3,(H,20,24)(H,21,23)/t16-,17+/m1/s1. The molecule has 25 heavy (non-hydrogen) atoms. The van der Waals surface area contributed by atoms with E-state index in [1.165, 1.54) is 6.92 Å². The molecule has 0 aliphatic carbocycles. The largest absolute Gasteiger partial charge is 0.468 e. The van der Waals surface area contributed by atoms with Gasteiger partial charge in [-0.2, -0.15) is 0 Å². The molecule has 6 nitrogen and oxygen atoms in total. The first-order chi connectivity index (χ1) is 12.0. The van der Waals surface area contributed by atoms with Gasteiger partial charge >= 0.3 is 0 Å². The van der Waals surface area contributed by atoms with E-state index >= 15 is 0 Å². The summed E-state index contributed by atoms with van der Waals surface area (Å²) in [5, 5.41) is 5.77. The lowest BCUT2D eigenvalue weighted by Gasteiger charge is -2.23. The van der Waals surface area contributed by atoms with Gasteiger partial charge in [0.1, 0.15) is 5.76 Å². The molecule has 0 saturated heterocycles. The van der Waals surface area contributed by atoms with Crippen LogP contribution in [0.3, 0.4) is 0 Å². The monoisotopic (exact) mass is 343 g/mol. The number of rotatable bonds is 8. The van der Waals surface area contributed by atoms with Crippen molar-refractivity contribution in [1.29, 1.82) is 0 Å². The predicted octanol–water partition coefficient (Wildman–Crippen LogP) is 2.27. The molecule has 0 aliphatic rings. The van der Waals surface area contributed by atoms with E-state index in [-0.39, 0.29) is 30.3 Å². The Bertz CT molecular complexity index is 668. The molecular formula is C19H25N3O3. The normalized spacial score (nSPS) is 13.3. The highest BCUT2D eigenvalue weighted by atomic mass is 16.3. The molecule has 2 rings (SSSR count). The van der Waals surface area contributed by atoms with Crippen molar-refractivity contribution >= 4 is 11.8 Å². The Balaban J connectivity index is 1.97. The number of furan rings is 1. The van der Waals surface area contributed by atoms with Crippen molar-refractivity contribution in [3.63, 3.8) is 0 Å². The number of nitrogens with one attached hydrogen (secondary N) is 2. The summed E-state index contributed by atoms with van der Waals surface area (Å²) < 4.78 is 5.44. The van der Waals surface area contributed by atoms with Gasteiger partial charge in [-0.05, 0) is 31.8 Å². The van der Waals surface area contributed by atoms with Crippen LogP contribution in [0.25, 0.3) is 0 Å². The molecule has 134 valence electrons. The van der Waals surface area contributed by atoms with Crippen molar-refractivity contribution in [2.24, 2.45) is 0 Å². The third kappa shape index (κ3) is 5.76. The van der Waals surface area contributed by atoms with E-state index < -0.39 is 0 Å². The fraction of sp³-hybridized carbons (Fsp3) is 0.368. The predicted molar refractivity (Wildman–Crippen MR) is 95.8 cm³/mol. The lowest BCUT2D eigenvalue weighted by molar-refractivity contribution is -0.123. The second kappa shape index (κ2) is 9.03. The number of amides is 2. The van der Waals surface area contributed by atoms with Crippen LogP contribution in [-0.2, 0) is 9.59 Å². The van der Waals surface area contributed by atoms with Gasteiger partial charge in [0, 0.05) is 13.5 Å². The molecule has 0 fully saturated rings.